The van der Waals surface area contributed by atoms with E-state index in [-0.39, 0.29) is 24.0 Å². The Hall–Kier alpha value is -2.65. The molecule has 2 saturated heterocycles. The Morgan fingerprint density at radius 3 is 3.03 bits per heavy atom. The lowest BCUT2D eigenvalue weighted by atomic mass is 10.00. The summed E-state index contributed by atoms with van der Waals surface area (Å²) in [6, 6.07) is 5.89. The van der Waals surface area contributed by atoms with Crippen molar-refractivity contribution >= 4 is 5.91 Å². The number of halogens is 1. The molecule has 0 bridgehead atoms. The molecule has 154 valence electrons. The van der Waals surface area contributed by atoms with Crippen molar-refractivity contribution in [1.29, 1.82) is 0 Å². The molecule has 2 aromatic heterocycles. The maximum atomic E-state index is 13.0. The number of ether oxygens (including phenoxy) is 2. The van der Waals surface area contributed by atoms with E-state index in [1.165, 1.54) is 22.9 Å². The number of carbonyl (C=O) groups excluding carboxylic acids is 1. The van der Waals surface area contributed by atoms with Gasteiger partial charge in [0.1, 0.15) is 11.4 Å². The minimum Gasteiger partial charge on any atom is -0.377 e. The van der Waals surface area contributed by atoms with E-state index in [2.05, 4.69) is 10.1 Å². The number of carbonyl (C=O) groups is 1. The molecule has 0 N–H and O–H groups in total. The largest absolute Gasteiger partial charge is 0.377 e. The fourth-order valence-corrected chi connectivity index (χ4v) is 3.86. The van der Waals surface area contributed by atoms with E-state index in [4.69, 9.17) is 9.47 Å². The molecular weight excluding hydrogens is 379 g/mol. The lowest BCUT2D eigenvalue weighted by molar-refractivity contribution is -0.135. The van der Waals surface area contributed by atoms with Crippen LogP contribution in [0.2, 0.25) is 0 Å². The Kier molecular flexibility index (Phi) is 5.68. The van der Waals surface area contributed by atoms with E-state index in [0.717, 1.165) is 19.0 Å². The molecular formula is C20H23FN4O4. The predicted molar refractivity (Wildman–Crippen MR) is 101 cm³/mol. The molecule has 29 heavy (non-hydrogen) atoms. The molecule has 4 heterocycles. The fraction of sp³-hybridized carbons (Fsp3) is 0.500. The third kappa shape index (κ3) is 4.68. The van der Waals surface area contributed by atoms with Gasteiger partial charge in [-0.3, -0.25) is 14.6 Å². The van der Waals surface area contributed by atoms with Crippen molar-refractivity contribution in [1.82, 2.24) is 19.7 Å². The summed E-state index contributed by atoms with van der Waals surface area (Å²) in [4.78, 5) is 30.4. The molecule has 1 unspecified atom stereocenters. The van der Waals surface area contributed by atoms with Crippen LogP contribution < -0.4 is 5.56 Å². The van der Waals surface area contributed by atoms with Gasteiger partial charge in [0.2, 0.25) is 5.91 Å². The maximum absolute atomic E-state index is 13.0. The summed E-state index contributed by atoms with van der Waals surface area (Å²) in [5.41, 5.74) is -0.237. The molecule has 0 aromatic carbocycles. The molecule has 8 nitrogen and oxygen atoms in total. The fourth-order valence-electron chi connectivity index (χ4n) is 3.86. The molecule has 0 saturated carbocycles. The van der Waals surface area contributed by atoms with Gasteiger partial charge in [-0.25, -0.2) is 9.07 Å². The van der Waals surface area contributed by atoms with Gasteiger partial charge in [-0.1, -0.05) is 0 Å². The van der Waals surface area contributed by atoms with Crippen LogP contribution in [0, 0.1) is 5.82 Å². The third-order valence-electron chi connectivity index (χ3n) is 5.32. The SMILES string of the molecule is O=C(Cc1ccc(F)cn1)N1CCOC[C@]2(CCC(Cn3ncccc3=O)O2)C1. The topological polar surface area (TPSA) is 86.6 Å². The summed E-state index contributed by atoms with van der Waals surface area (Å²) in [6.07, 6.45) is 4.11. The highest BCUT2D eigenvalue weighted by atomic mass is 19.1. The zero-order chi connectivity index (χ0) is 20.3. The molecule has 2 aromatic rings. The van der Waals surface area contributed by atoms with Crippen LogP contribution in [0.1, 0.15) is 18.5 Å². The number of pyridine rings is 1. The lowest BCUT2D eigenvalue weighted by Crippen LogP contribution is -2.47. The number of rotatable bonds is 4. The summed E-state index contributed by atoms with van der Waals surface area (Å²) < 4.78 is 26.5. The molecule has 0 aliphatic carbocycles. The Morgan fingerprint density at radius 1 is 1.34 bits per heavy atom. The number of hydrogen-bond donors (Lipinski definition) is 0. The van der Waals surface area contributed by atoms with E-state index in [9.17, 15) is 14.0 Å². The molecule has 9 heteroatoms. The second-order valence-electron chi connectivity index (χ2n) is 7.52. The van der Waals surface area contributed by atoms with E-state index in [1.54, 1.807) is 17.2 Å². The van der Waals surface area contributed by atoms with Crippen molar-refractivity contribution < 1.29 is 18.7 Å². The van der Waals surface area contributed by atoms with Gasteiger partial charge in [0.25, 0.3) is 5.56 Å². The van der Waals surface area contributed by atoms with E-state index in [1.807, 2.05) is 0 Å². The highest BCUT2D eigenvalue weighted by Gasteiger charge is 2.44. The standard InChI is InChI=1S/C20H23FN4O4/c21-15-3-4-16(22-11-15)10-19(27)24-8-9-28-14-20(13-24)6-5-17(29-20)12-25-18(26)2-1-7-23-25/h1-4,7,11,17H,5-6,8-10,12-14H2/t17?,20-/m0/s1. The minimum absolute atomic E-state index is 0.0954. The lowest BCUT2D eigenvalue weighted by Gasteiger charge is -2.32. The average Bonchev–Trinajstić information content (AvgIpc) is 2.97. The molecule has 1 amide bonds. The van der Waals surface area contributed by atoms with Crippen LogP contribution in [0.5, 0.6) is 0 Å². The van der Waals surface area contributed by atoms with Crippen molar-refractivity contribution in [3.8, 4) is 0 Å². The first-order valence-electron chi connectivity index (χ1n) is 9.69. The Balaban J connectivity index is 1.41. The Morgan fingerprint density at radius 2 is 2.24 bits per heavy atom. The number of aromatic nitrogens is 3. The smallest absolute Gasteiger partial charge is 0.266 e. The van der Waals surface area contributed by atoms with Crippen LogP contribution >= 0.6 is 0 Å². The van der Waals surface area contributed by atoms with Gasteiger partial charge in [0, 0.05) is 24.5 Å². The predicted octanol–water partition coefficient (Wildman–Crippen LogP) is 0.797. The van der Waals surface area contributed by atoms with E-state index >= 15 is 0 Å². The van der Waals surface area contributed by atoms with Gasteiger partial charge in [-0.05, 0) is 31.0 Å². The highest BCUT2D eigenvalue weighted by Crippen LogP contribution is 2.33. The van der Waals surface area contributed by atoms with Gasteiger partial charge < -0.3 is 14.4 Å². The summed E-state index contributed by atoms with van der Waals surface area (Å²) in [6.45, 7) is 2.09. The summed E-state index contributed by atoms with van der Waals surface area (Å²) in [5.74, 6) is -0.525. The van der Waals surface area contributed by atoms with Crippen LogP contribution in [0.15, 0.2) is 41.5 Å². The molecule has 2 fully saturated rings. The first-order valence-corrected chi connectivity index (χ1v) is 9.69. The first kappa shape index (κ1) is 19.7. The van der Waals surface area contributed by atoms with Crippen LogP contribution in [0.4, 0.5) is 4.39 Å². The zero-order valence-corrected chi connectivity index (χ0v) is 16.0. The Bertz CT molecular complexity index is 919. The Labute approximate surface area is 167 Å². The van der Waals surface area contributed by atoms with Crippen molar-refractivity contribution in [2.75, 3.05) is 26.3 Å². The van der Waals surface area contributed by atoms with Gasteiger partial charge in [0.15, 0.2) is 0 Å². The van der Waals surface area contributed by atoms with Crippen LogP contribution in [0.3, 0.4) is 0 Å². The second-order valence-corrected chi connectivity index (χ2v) is 7.52. The maximum Gasteiger partial charge on any atom is 0.266 e. The van der Waals surface area contributed by atoms with Gasteiger partial charge in [0.05, 0.1) is 45.0 Å². The monoisotopic (exact) mass is 402 g/mol. The van der Waals surface area contributed by atoms with Crippen LogP contribution in [0.25, 0.3) is 0 Å². The van der Waals surface area contributed by atoms with Crippen molar-refractivity contribution in [3.05, 3.63) is 58.5 Å². The molecule has 2 aliphatic heterocycles. The molecule has 0 radical (unpaired) electrons. The van der Waals surface area contributed by atoms with E-state index < -0.39 is 11.4 Å². The van der Waals surface area contributed by atoms with Crippen molar-refractivity contribution in [3.63, 3.8) is 0 Å². The molecule has 4 rings (SSSR count). The van der Waals surface area contributed by atoms with Crippen molar-refractivity contribution in [2.24, 2.45) is 0 Å². The van der Waals surface area contributed by atoms with Crippen molar-refractivity contribution in [2.45, 2.75) is 37.5 Å². The second kappa shape index (κ2) is 8.38. The van der Waals surface area contributed by atoms with E-state index in [0.29, 0.717) is 38.5 Å². The first-order chi connectivity index (χ1) is 14.0. The molecule has 2 aliphatic rings. The normalized spacial score (nSPS) is 24.6. The summed E-state index contributed by atoms with van der Waals surface area (Å²) >= 11 is 0. The van der Waals surface area contributed by atoms with Gasteiger partial charge in [-0.2, -0.15) is 5.10 Å². The van der Waals surface area contributed by atoms with Gasteiger partial charge >= 0.3 is 0 Å². The number of nitrogens with zero attached hydrogens (tertiary/aromatic N) is 4. The van der Waals surface area contributed by atoms with Gasteiger partial charge in [-0.15, -0.1) is 0 Å². The molecule has 1 spiro atoms. The molecule has 2 atom stereocenters. The average molecular weight is 402 g/mol. The zero-order valence-electron chi connectivity index (χ0n) is 16.0. The number of hydrogen-bond acceptors (Lipinski definition) is 6. The van der Waals surface area contributed by atoms with Crippen LogP contribution in [-0.2, 0) is 27.2 Å². The summed E-state index contributed by atoms with van der Waals surface area (Å²) in [7, 11) is 0. The summed E-state index contributed by atoms with van der Waals surface area (Å²) in [5, 5.41) is 4.08. The van der Waals surface area contributed by atoms with Crippen LogP contribution in [-0.4, -0.2) is 63.6 Å². The third-order valence-corrected chi connectivity index (χ3v) is 5.32. The number of amides is 1. The highest BCUT2D eigenvalue weighted by molar-refractivity contribution is 5.78. The minimum atomic E-state index is -0.592. The quantitative estimate of drug-likeness (QED) is 0.752.